The van der Waals surface area contributed by atoms with Crippen LogP contribution in [0, 0.1) is 3.57 Å². The van der Waals surface area contributed by atoms with E-state index in [1.165, 1.54) is 0 Å². The van der Waals surface area contributed by atoms with Gasteiger partial charge >= 0.3 is 0 Å². The van der Waals surface area contributed by atoms with Gasteiger partial charge in [0.1, 0.15) is 0 Å². The Hall–Kier alpha value is -0.980. The van der Waals surface area contributed by atoms with Crippen LogP contribution in [0.4, 0.5) is 0 Å². The van der Waals surface area contributed by atoms with Crippen molar-refractivity contribution in [1.29, 1.82) is 0 Å². The summed E-state index contributed by atoms with van der Waals surface area (Å²) < 4.78 is 2.03. The molecule has 0 fully saturated rings. The molecule has 106 valence electrons. The highest BCUT2D eigenvalue weighted by atomic mass is 127. The molecule has 1 aromatic heterocycles. The number of aliphatic hydroxyl groups excluding tert-OH is 1. The summed E-state index contributed by atoms with van der Waals surface area (Å²) in [5, 5.41) is 11.6. The zero-order valence-corrected chi connectivity index (χ0v) is 14.9. The maximum Gasteiger partial charge on any atom is 0.0856 e. The third-order valence-electron chi connectivity index (χ3n) is 3.38. The number of nitrogens with zero attached hydrogens (tertiary/aromatic N) is 1. The zero-order chi connectivity index (χ0) is 14.8. The summed E-state index contributed by atoms with van der Waals surface area (Å²) >= 11 is 5.75. The van der Waals surface area contributed by atoms with Crippen LogP contribution in [0.5, 0.6) is 0 Å². The Labute approximate surface area is 145 Å². The van der Waals surface area contributed by atoms with Crippen LogP contribution in [0.1, 0.15) is 17.4 Å². The molecule has 1 N–H and O–H groups in total. The molecule has 0 saturated carbocycles. The summed E-state index contributed by atoms with van der Waals surface area (Å²) in [6, 6.07) is 18.0. The Kier molecular flexibility index (Phi) is 4.57. The van der Waals surface area contributed by atoms with Crippen LogP contribution in [0.15, 0.2) is 59.1 Å². The topological polar surface area (TPSA) is 33.1 Å². The van der Waals surface area contributed by atoms with Crippen molar-refractivity contribution in [3.8, 4) is 0 Å². The van der Waals surface area contributed by atoms with Gasteiger partial charge in [-0.15, -0.1) is 0 Å². The Balaban J connectivity index is 1.88. The molecule has 0 saturated heterocycles. The maximum atomic E-state index is 10.5. The first-order valence-corrected chi connectivity index (χ1v) is 8.48. The highest BCUT2D eigenvalue weighted by Gasteiger charge is 2.13. The number of hydrogen-bond donors (Lipinski definition) is 1. The van der Waals surface area contributed by atoms with E-state index in [0.717, 1.165) is 30.2 Å². The van der Waals surface area contributed by atoms with Gasteiger partial charge in [-0.05, 0) is 58.5 Å². The fourth-order valence-electron chi connectivity index (χ4n) is 2.30. The van der Waals surface area contributed by atoms with Crippen molar-refractivity contribution in [3.05, 3.63) is 73.9 Å². The van der Waals surface area contributed by atoms with Gasteiger partial charge in [0.2, 0.25) is 0 Å². The number of fused-ring (bicyclic) bond motifs is 1. The SMILES string of the molecule is OC(Cc1ccc2ccccc2n1)c1cc(I)ccc1Br. The predicted octanol–water partition coefficient (Wildman–Crippen LogP) is 4.88. The largest absolute Gasteiger partial charge is 0.388 e. The fourth-order valence-corrected chi connectivity index (χ4v) is 3.33. The lowest BCUT2D eigenvalue weighted by Gasteiger charge is -2.13. The average Bonchev–Trinajstić information content (AvgIpc) is 2.49. The van der Waals surface area contributed by atoms with E-state index in [1.807, 2.05) is 54.6 Å². The minimum atomic E-state index is -0.567. The van der Waals surface area contributed by atoms with Crippen LogP contribution in [-0.4, -0.2) is 10.1 Å². The van der Waals surface area contributed by atoms with E-state index in [1.54, 1.807) is 0 Å². The molecule has 0 bridgehead atoms. The van der Waals surface area contributed by atoms with Crippen molar-refractivity contribution < 1.29 is 5.11 Å². The van der Waals surface area contributed by atoms with E-state index < -0.39 is 6.10 Å². The molecule has 2 aromatic carbocycles. The van der Waals surface area contributed by atoms with Gasteiger partial charge in [0.25, 0.3) is 0 Å². The van der Waals surface area contributed by atoms with Crippen molar-refractivity contribution >= 4 is 49.4 Å². The molecule has 3 aromatic rings. The summed E-state index contributed by atoms with van der Waals surface area (Å²) in [5.41, 5.74) is 2.76. The van der Waals surface area contributed by atoms with Gasteiger partial charge in [0.15, 0.2) is 0 Å². The predicted molar refractivity (Wildman–Crippen MR) is 97.3 cm³/mol. The van der Waals surface area contributed by atoms with Crippen molar-refractivity contribution in [1.82, 2.24) is 4.98 Å². The summed E-state index contributed by atoms with van der Waals surface area (Å²) in [7, 11) is 0. The third-order valence-corrected chi connectivity index (χ3v) is 4.77. The number of rotatable bonds is 3. The molecular formula is C17H13BrINO. The average molecular weight is 454 g/mol. The van der Waals surface area contributed by atoms with Crippen LogP contribution >= 0.6 is 38.5 Å². The molecule has 4 heteroatoms. The Morgan fingerprint density at radius 2 is 1.90 bits per heavy atom. The second-order valence-corrected chi connectivity index (χ2v) is 6.98. The molecule has 1 unspecified atom stereocenters. The summed E-state index contributed by atoms with van der Waals surface area (Å²) in [6.45, 7) is 0. The molecule has 0 spiro atoms. The monoisotopic (exact) mass is 453 g/mol. The number of aromatic nitrogens is 1. The molecule has 1 heterocycles. The van der Waals surface area contributed by atoms with Crippen LogP contribution in [0.25, 0.3) is 10.9 Å². The first-order valence-electron chi connectivity index (χ1n) is 6.61. The van der Waals surface area contributed by atoms with E-state index in [9.17, 15) is 5.11 Å². The molecule has 0 amide bonds. The molecule has 0 aliphatic carbocycles. The van der Waals surface area contributed by atoms with Gasteiger partial charge in [0.05, 0.1) is 11.6 Å². The normalized spacial score (nSPS) is 12.5. The van der Waals surface area contributed by atoms with E-state index >= 15 is 0 Å². The summed E-state index contributed by atoms with van der Waals surface area (Å²) in [6.07, 6.45) is -0.0634. The number of pyridine rings is 1. The van der Waals surface area contributed by atoms with Gasteiger partial charge in [-0.25, -0.2) is 0 Å². The van der Waals surface area contributed by atoms with Gasteiger partial charge in [-0.3, -0.25) is 4.98 Å². The maximum absolute atomic E-state index is 10.5. The van der Waals surface area contributed by atoms with Crippen molar-refractivity contribution in [2.45, 2.75) is 12.5 Å². The first kappa shape index (κ1) is 14.9. The number of aliphatic hydroxyl groups is 1. The highest BCUT2D eigenvalue weighted by molar-refractivity contribution is 14.1. The number of hydrogen-bond acceptors (Lipinski definition) is 2. The van der Waals surface area contributed by atoms with Crippen molar-refractivity contribution in [2.75, 3.05) is 0 Å². The molecule has 21 heavy (non-hydrogen) atoms. The van der Waals surface area contributed by atoms with Gasteiger partial charge < -0.3 is 5.11 Å². The van der Waals surface area contributed by atoms with E-state index in [-0.39, 0.29) is 0 Å². The molecule has 3 rings (SSSR count). The third kappa shape index (κ3) is 3.44. The lowest BCUT2D eigenvalue weighted by atomic mass is 10.0. The lowest BCUT2D eigenvalue weighted by molar-refractivity contribution is 0.176. The van der Waals surface area contributed by atoms with Crippen molar-refractivity contribution in [2.24, 2.45) is 0 Å². The molecule has 2 nitrogen and oxygen atoms in total. The first-order chi connectivity index (χ1) is 10.1. The van der Waals surface area contributed by atoms with Crippen LogP contribution < -0.4 is 0 Å². The summed E-state index contributed by atoms with van der Waals surface area (Å²) in [5.74, 6) is 0. The second kappa shape index (κ2) is 6.42. The lowest BCUT2D eigenvalue weighted by Crippen LogP contribution is -2.04. The number of benzene rings is 2. The quantitative estimate of drug-likeness (QED) is 0.573. The van der Waals surface area contributed by atoms with Gasteiger partial charge in [-0.1, -0.05) is 40.2 Å². The highest BCUT2D eigenvalue weighted by Crippen LogP contribution is 2.27. The zero-order valence-electron chi connectivity index (χ0n) is 11.1. The minimum Gasteiger partial charge on any atom is -0.388 e. The van der Waals surface area contributed by atoms with Crippen LogP contribution in [0.3, 0.4) is 0 Å². The van der Waals surface area contributed by atoms with Crippen molar-refractivity contribution in [3.63, 3.8) is 0 Å². The van der Waals surface area contributed by atoms with Gasteiger partial charge in [-0.2, -0.15) is 0 Å². The van der Waals surface area contributed by atoms with Crippen LogP contribution in [0.2, 0.25) is 0 Å². The smallest absolute Gasteiger partial charge is 0.0856 e. The molecule has 0 aliphatic heterocycles. The van der Waals surface area contributed by atoms with E-state index in [2.05, 4.69) is 43.5 Å². The second-order valence-electron chi connectivity index (χ2n) is 4.88. The fraction of sp³-hybridized carbons (Fsp3) is 0.118. The number of halogens is 2. The van der Waals surface area contributed by atoms with E-state index in [0.29, 0.717) is 6.42 Å². The molecular weight excluding hydrogens is 441 g/mol. The molecule has 0 radical (unpaired) electrons. The Bertz CT molecular complexity index is 791. The Morgan fingerprint density at radius 3 is 2.76 bits per heavy atom. The summed E-state index contributed by atoms with van der Waals surface area (Å²) in [4.78, 5) is 4.62. The van der Waals surface area contributed by atoms with Gasteiger partial charge in [0, 0.05) is 25.5 Å². The van der Waals surface area contributed by atoms with Crippen LogP contribution in [-0.2, 0) is 6.42 Å². The Morgan fingerprint density at radius 1 is 1.10 bits per heavy atom. The molecule has 0 aliphatic rings. The van der Waals surface area contributed by atoms with E-state index in [4.69, 9.17) is 0 Å². The number of para-hydroxylation sites is 1. The standard InChI is InChI=1S/C17H13BrINO/c18-15-8-6-12(19)9-14(15)17(21)10-13-7-5-11-3-1-2-4-16(11)20-13/h1-9,17,21H,10H2. The minimum absolute atomic E-state index is 0.503. The molecule has 1 atom stereocenters.